The number of thiophene rings is 1. The summed E-state index contributed by atoms with van der Waals surface area (Å²) in [5.41, 5.74) is 3.58. The van der Waals surface area contributed by atoms with Gasteiger partial charge in [-0.05, 0) is 50.3 Å². The topological polar surface area (TPSA) is 104 Å². The van der Waals surface area contributed by atoms with E-state index in [-0.39, 0.29) is 23.6 Å². The summed E-state index contributed by atoms with van der Waals surface area (Å²) in [5, 5.41) is 12.4. The molecule has 0 radical (unpaired) electrons. The van der Waals surface area contributed by atoms with Crippen LogP contribution in [0, 0.1) is 6.92 Å². The van der Waals surface area contributed by atoms with Crippen LogP contribution in [0.2, 0.25) is 0 Å². The first-order valence-electron chi connectivity index (χ1n) is 10.8. The number of nitrogens with zero attached hydrogens (tertiary/aromatic N) is 3. The first kappa shape index (κ1) is 22.4. The highest BCUT2D eigenvalue weighted by Crippen LogP contribution is 2.36. The second-order valence-corrected chi connectivity index (χ2v) is 10.9. The van der Waals surface area contributed by atoms with Crippen LogP contribution in [0.3, 0.4) is 0 Å². The molecule has 10 heteroatoms. The number of ether oxygens (including phenoxy) is 1. The van der Waals surface area contributed by atoms with Gasteiger partial charge < -0.3 is 14.4 Å². The molecule has 4 aromatic rings. The van der Waals surface area contributed by atoms with Gasteiger partial charge in [0.15, 0.2) is 0 Å². The Morgan fingerprint density at radius 2 is 2.03 bits per heavy atom. The molecule has 1 aliphatic heterocycles. The molecular weight excluding hydrogens is 462 g/mol. The second-order valence-electron chi connectivity index (χ2n) is 8.38. The molecule has 1 fully saturated rings. The number of aliphatic hydroxyl groups excluding tert-OH is 1. The van der Waals surface area contributed by atoms with Gasteiger partial charge in [-0.1, -0.05) is 17.7 Å². The fraction of sp³-hybridized carbons (Fsp3) is 0.391. The molecule has 8 nitrogen and oxygen atoms in total. The first-order valence-corrected chi connectivity index (χ1v) is 13.1. The van der Waals surface area contributed by atoms with Crippen LogP contribution in [0.15, 0.2) is 46.8 Å². The van der Waals surface area contributed by atoms with E-state index in [1.807, 2.05) is 18.4 Å². The number of aryl methyl sites for hydroxylation is 1. The predicted molar refractivity (Wildman–Crippen MR) is 126 cm³/mol. The zero-order chi connectivity index (χ0) is 23.2. The zero-order valence-electron chi connectivity index (χ0n) is 18.3. The van der Waals surface area contributed by atoms with Gasteiger partial charge in [0.1, 0.15) is 17.4 Å². The highest BCUT2D eigenvalue weighted by atomic mass is 32.2. The van der Waals surface area contributed by atoms with E-state index in [0.717, 1.165) is 33.2 Å². The SMILES string of the molecule is Cc1ccc(S(=O)(=O)OC[C@@H]2CC[C@@H](n3c([C@@H](C)O)nc4cnc5ccsc5c43)CO2)cc1. The third-order valence-corrected chi connectivity index (χ3v) is 8.16. The van der Waals surface area contributed by atoms with Crippen molar-refractivity contribution in [2.75, 3.05) is 13.2 Å². The van der Waals surface area contributed by atoms with E-state index in [2.05, 4.69) is 14.5 Å². The maximum Gasteiger partial charge on any atom is 0.297 e. The van der Waals surface area contributed by atoms with Crippen molar-refractivity contribution in [2.45, 2.75) is 49.8 Å². The molecule has 0 bridgehead atoms. The molecule has 1 N–H and O–H groups in total. The lowest BCUT2D eigenvalue weighted by atomic mass is 10.0. The molecule has 0 saturated carbocycles. The average Bonchev–Trinajstić information content (AvgIpc) is 3.43. The molecule has 3 atom stereocenters. The van der Waals surface area contributed by atoms with Crippen LogP contribution < -0.4 is 0 Å². The highest BCUT2D eigenvalue weighted by Gasteiger charge is 2.30. The third-order valence-electron chi connectivity index (χ3n) is 5.95. The number of aliphatic hydroxyl groups is 1. The Kier molecular flexibility index (Phi) is 5.96. The summed E-state index contributed by atoms with van der Waals surface area (Å²) >= 11 is 1.60. The van der Waals surface area contributed by atoms with E-state index in [0.29, 0.717) is 18.9 Å². The summed E-state index contributed by atoms with van der Waals surface area (Å²) in [6, 6.07) is 8.52. The molecule has 0 amide bonds. The van der Waals surface area contributed by atoms with Crippen LogP contribution in [-0.2, 0) is 19.0 Å². The van der Waals surface area contributed by atoms with Gasteiger partial charge in [0, 0.05) is 0 Å². The van der Waals surface area contributed by atoms with Gasteiger partial charge >= 0.3 is 0 Å². The van der Waals surface area contributed by atoms with Gasteiger partial charge in [0.05, 0.1) is 52.2 Å². The van der Waals surface area contributed by atoms with Gasteiger partial charge in [-0.2, -0.15) is 8.42 Å². The number of aromatic nitrogens is 3. The van der Waals surface area contributed by atoms with Crippen LogP contribution in [0.25, 0.3) is 21.3 Å². The third kappa shape index (κ3) is 4.29. The Morgan fingerprint density at radius 1 is 1.24 bits per heavy atom. The van der Waals surface area contributed by atoms with Crippen molar-refractivity contribution in [3.8, 4) is 0 Å². The summed E-state index contributed by atoms with van der Waals surface area (Å²) in [5.74, 6) is 0.581. The fourth-order valence-corrected chi connectivity index (χ4v) is 6.05. The van der Waals surface area contributed by atoms with Crippen molar-refractivity contribution in [1.82, 2.24) is 14.5 Å². The molecule has 0 aliphatic carbocycles. The number of hydrogen-bond acceptors (Lipinski definition) is 8. The van der Waals surface area contributed by atoms with Crippen LogP contribution in [-0.4, -0.2) is 47.4 Å². The summed E-state index contributed by atoms with van der Waals surface area (Å²) in [7, 11) is -3.83. The standard InChI is InChI=1S/C23H25N3O5S2/c1-14-3-7-18(8-4-14)33(28,29)31-13-17-6-5-16(12-30-17)26-21-20(25-23(26)15(2)27)11-24-19-9-10-32-22(19)21/h3-4,7-11,15-17,27H,5-6,12-13H2,1-2H3/t15-,16-,17+/m1/s1. The minimum atomic E-state index is -3.83. The highest BCUT2D eigenvalue weighted by molar-refractivity contribution is 7.86. The maximum atomic E-state index is 12.5. The molecule has 0 spiro atoms. The number of hydrogen-bond donors (Lipinski definition) is 1. The molecule has 3 aromatic heterocycles. The Hall–Kier alpha value is -2.37. The van der Waals surface area contributed by atoms with Gasteiger partial charge in [-0.3, -0.25) is 9.17 Å². The minimum absolute atomic E-state index is 0.0303. The lowest BCUT2D eigenvalue weighted by Gasteiger charge is -2.31. The Morgan fingerprint density at radius 3 is 2.73 bits per heavy atom. The van der Waals surface area contributed by atoms with Crippen LogP contribution in [0.5, 0.6) is 0 Å². The van der Waals surface area contributed by atoms with Crippen LogP contribution >= 0.6 is 11.3 Å². The summed E-state index contributed by atoms with van der Waals surface area (Å²) in [4.78, 5) is 9.25. The molecule has 1 aliphatic rings. The normalized spacial score (nSPS) is 20.5. The van der Waals surface area contributed by atoms with Crippen molar-refractivity contribution in [3.05, 3.63) is 53.3 Å². The Bertz CT molecular complexity index is 1390. The van der Waals surface area contributed by atoms with E-state index in [4.69, 9.17) is 8.92 Å². The second kappa shape index (κ2) is 8.77. The largest absolute Gasteiger partial charge is 0.385 e. The van der Waals surface area contributed by atoms with Crippen molar-refractivity contribution in [1.29, 1.82) is 0 Å². The Labute approximate surface area is 195 Å². The zero-order valence-corrected chi connectivity index (χ0v) is 20.0. The van der Waals surface area contributed by atoms with Crippen molar-refractivity contribution >= 4 is 42.7 Å². The molecule has 4 heterocycles. The average molecular weight is 488 g/mol. The van der Waals surface area contributed by atoms with Crippen molar-refractivity contribution in [2.24, 2.45) is 0 Å². The fourth-order valence-electron chi connectivity index (χ4n) is 4.23. The smallest absolute Gasteiger partial charge is 0.297 e. The Balaban J connectivity index is 1.33. The van der Waals surface area contributed by atoms with E-state index in [1.54, 1.807) is 48.7 Å². The predicted octanol–water partition coefficient (Wildman–Crippen LogP) is 4.13. The van der Waals surface area contributed by atoms with Crippen LogP contribution in [0.1, 0.15) is 43.3 Å². The van der Waals surface area contributed by atoms with Crippen molar-refractivity contribution < 1.29 is 22.4 Å². The summed E-state index contributed by atoms with van der Waals surface area (Å²) < 4.78 is 39.4. The number of pyridine rings is 1. The number of fused-ring (bicyclic) bond motifs is 3. The molecular formula is C23H25N3O5S2. The number of benzene rings is 1. The quantitative estimate of drug-likeness (QED) is 0.408. The van der Waals surface area contributed by atoms with Crippen LogP contribution in [0.4, 0.5) is 0 Å². The number of rotatable bonds is 6. The van der Waals surface area contributed by atoms with E-state index in [1.165, 1.54) is 0 Å². The van der Waals surface area contributed by atoms with Gasteiger partial charge in [-0.25, -0.2) is 4.98 Å². The van der Waals surface area contributed by atoms with E-state index in [9.17, 15) is 13.5 Å². The van der Waals surface area contributed by atoms with E-state index >= 15 is 0 Å². The molecule has 1 saturated heterocycles. The lowest BCUT2D eigenvalue weighted by Crippen LogP contribution is -2.32. The molecule has 33 heavy (non-hydrogen) atoms. The minimum Gasteiger partial charge on any atom is -0.385 e. The molecule has 5 rings (SSSR count). The van der Waals surface area contributed by atoms with Gasteiger partial charge in [0.25, 0.3) is 10.1 Å². The summed E-state index contributed by atoms with van der Waals surface area (Å²) in [6.07, 6.45) is 2.05. The van der Waals surface area contributed by atoms with Gasteiger partial charge in [0.2, 0.25) is 0 Å². The molecule has 174 valence electrons. The lowest BCUT2D eigenvalue weighted by molar-refractivity contribution is -0.0332. The molecule has 1 aromatic carbocycles. The maximum absolute atomic E-state index is 12.5. The first-order chi connectivity index (χ1) is 15.8. The van der Waals surface area contributed by atoms with Gasteiger partial charge in [-0.15, -0.1) is 11.3 Å². The van der Waals surface area contributed by atoms with Crippen molar-refractivity contribution in [3.63, 3.8) is 0 Å². The summed E-state index contributed by atoms with van der Waals surface area (Å²) in [6.45, 7) is 3.94. The molecule has 0 unspecified atom stereocenters. The van der Waals surface area contributed by atoms with E-state index < -0.39 is 16.2 Å². The monoisotopic (exact) mass is 487 g/mol. The number of imidazole rings is 1.